The fourth-order valence-corrected chi connectivity index (χ4v) is 2.18. The van der Waals surface area contributed by atoms with Crippen LogP contribution in [0.4, 0.5) is 5.88 Å². The molecule has 8 nitrogen and oxygen atoms in total. The second kappa shape index (κ2) is 7.35. The maximum atomic E-state index is 11.9. The van der Waals surface area contributed by atoms with Gasteiger partial charge in [0, 0.05) is 24.5 Å². The Labute approximate surface area is 142 Å². The van der Waals surface area contributed by atoms with E-state index >= 15 is 0 Å². The lowest BCUT2D eigenvalue weighted by Crippen LogP contribution is -2.25. The van der Waals surface area contributed by atoms with Crippen molar-refractivity contribution in [1.29, 1.82) is 0 Å². The van der Waals surface area contributed by atoms with Crippen molar-refractivity contribution in [3.05, 3.63) is 76.3 Å². The molecule has 2 heterocycles. The predicted octanol–water partition coefficient (Wildman–Crippen LogP) is 2.62. The van der Waals surface area contributed by atoms with Crippen molar-refractivity contribution < 1.29 is 14.1 Å². The number of aromatic nitrogens is 2. The zero-order valence-corrected chi connectivity index (χ0v) is 13.1. The molecule has 126 valence electrons. The van der Waals surface area contributed by atoms with Crippen LogP contribution in [-0.2, 0) is 6.42 Å². The van der Waals surface area contributed by atoms with Crippen molar-refractivity contribution in [3.8, 4) is 11.4 Å². The van der Waals surface area contributed by atoms with Crippen LogP contribution in [0.5, 0.6) is 0 Å². The summed E-state index contributed by atoms with van der Waals surface area (Å²) in [5.41, 5.74) is 1.80. The van der Waals surface area contributed by atoms with Gasteiger partial charge in [-0.15, -0.1) is 0 Å². The first-order valence-electron chi connectivity index (χ1n) is 7.52. The Kier molecular flexibility index (Phi) is 4.79. The molecular weight excluding hydrogens is 324 g/mol. The number of carbonyl (C=O) groups is 1. The first-order valence-corrected chi connectivity index (χ1v) is 7.52. The molecule has 25 heavy (non-hydrogen) atoms. The molecule has 3 aromatic rings. The van der Waals surface area contributed by atoms with E-state index in [0.29, 0.717) is 18.8 Å². The minimum Gasteiger partial charge on any atom is -0.395 e. The molecule has 0 bridgehead atoms. The van der Waals surface area contributed by atoms with E-state index in [-0.39, 0.29) is 5.76 Å². The maximum absolute atomic E-state index is 11.9. The third kappa shape index (κ3) is 4.05. The van der Waals surface area contributed by atoms with Crippen molar-refractivity contribution in [2.75, 3.05) is 6.54 Å². The Morgan fingerprint density at radius 2 is 1.84 bits per heavy atom. The Morgan fingerprint density at radius 1 is 1.12 bits per heavy atom. The Bertz CT molecular complexity index is 875. The lowest BCUT2D eigenvalue weighted by molar-refractivity contribution is -0.402. The van der Waals surface area contributed by atoms with E-state index in [0.717, 1.165) is 17.2 Å². The van der Waals surface area contributed by atoms with Gasteiger partial charge in [-0.1, -0.05) is 30.3 Å². The Hall–Kier alpha value is -3.55. The molecule has 0 saturated heterocycles. The minimum atomic E-state index is -0.692. The van der Waals surface area contributed by atoms with Gasteiger partial charge in [-0.05, 0) is 18.1 Å². The summed E-state index contributed by atoms with van der Waals surface area (Å²) in [4.78, 5) is 30.3. The van der Waals surface area contributed by atoms with Gasteiger partial charge in [-0.3, -0.25) is 14.9 Å². The van der Waals surface area contributed by atoms with Gasteiger partial charge in [0.1, 0.15) is 4.92 Å². The number of furan rings is 1. The topological polar surface area (TPSA) is 111 Å². The monoisotopic (exact) mass is 338 g/mol. The van der Waals surface area contributed by atoms with Crippen molar-refractivity contribution in [3.63, 3.8) is 0 Å². The quantitative estimate of drug-likeness (QED) is 0.546. The number of hydrogen-bond acceptors (Lipinski definition) is 6. The summed E-state index contributed by atoms with van der Waals surface area (Å²) in [5, 5.41) is 13.2. The number of nitro groups is 1. The van der Waals surface area contributed by atoms with Crippen LogP contribution in [0.15, 0.2) is 59.3 Å². The van der Waals surface area contributed by atoms with E-state index in [2.05, 4.69) is 15.3 Å². The van der Waals surface area contributed by atoms with E-state index < -0.39 is 16.7 Å². The first kappa shape index (κ1) is 16.3. The van der Waals surface area contributed by atoms with E-state index in [1.807, 2.05) is 30.3 Å². The highest BCUT2D eigenvalue weighted by molar-refractivity contribution is 5.91. The van der Waals surface area contributed by atoms with Gasteiger partial charge in [0.05, 0.1) is 6.07 Å². The molecule has 0 spiro atoms. The number of carbonyl (C=O) groups excluding carboxylic acids is 1. The van der Waals surface area contributed by atoms with Gasteiger partial charge in [0.2, 0.25) is 0 Å². The largest absolute Gasteiger partial charge is 0.433 e. The minimum absolute atomic E-state index is 0.0950. The Balaban J connectivity index is 1.53. The molecule has 0 aliphatic heterocycles. The average molecular weight is 338 g/mol. The highest BCUT2D eigenvalue weighted by atomic mass is 16.6. The van der Waals surface area contributed by atoms with Crippen molar-refractivity contribution in [2.24, 2.45) is 0 Å². The molecule has 0 aliphatic carbocycles. The summed E-state index contributed by atoms with van der Waals surface area (Å²) in [6, 6.07) is 12.0. The van der Waals surface area contributed by atoms with Gasteiger partial charge in [0.25, 0.3) is 5.91 Å². The van der Waals surface area contributed by atoms with E-state index in [1.165, 1.54) is 6.07 Å². The average Bonchev–Trinajstić information content (AvgIpc) is 3.14. The summed E-state index contributed by atoms with van der Waals surface area (Å²) in [6.45, 7) is 0.335. The van der Waals surface area contributed by atoms with E-state index in [9.17, 15) is 14.9 Å². The smallest absolute Gasteiger partial charge is 0.395 e. The molecule has 0 atom stereocenters. The summed E-state index contributed by atoms with van der Waals surface area (Å²) in [7, 11) is 0. The fourth-order valence-electron chi connectivity index (χ4n) is 2.18. The molecule has 0 fully saturated rings. The van der Waals surface area contributed by atoms with Crippen LogP contribution in [0.3, 0.4) is 0 Å². The molecule has 3 rings (SSSR count). The number of benzene rings is 1. The normalized spacial score (nSPS) is 10.4. The van der Waals surface area contributed by atoms with Crippen LogP contribution in [-0.4, -0.2) is 27.3 Å². The lowest BCUT2D eigenvalue weighted by Gasteiger charge is -2.04. The molecule has 0 unspecified atom stereocenters. The van der Waals surface area contributed by atoms with Crippen LogP contribution in [0, 0.1) is 10.1 Å². The van der Waals surface area contributed by atoms with Gasteiger partial charge in [-0.25, -0.2) is 9.97 Å². The summed E-state index contributed by atoms with van der Waals surface area (Å²) >= 11 is 0. The van der Waals surface area contributed by atoms with Gasteiger partial charge >= 0.3 is 5.88 Å². The number of amides is 1. The lowest BCUT2D eigenvalue weighted by atomic mass is 10.2. The maximum Gasteiger partial charge on any atom is 0.433 e. The first-order chi connectivity index (χ1) is 12.1. The van der Waals surface area contributed by atoms with Crippen LogP contribution in [0.25, 0.3) is 11.4 Å². The molecule has 8 heteroatoms. The standard InChI is InChI=1S/C17H14N4O4/c22-17(14-6-7-15(25-14)21(23)24)18-9-8-12-10-19-16(20-11-12)13-4-2-1-3-5-13/h1-7,10-11H,8-9H2,(H,18,22). The highest BCUT2D eigenvalue weighted by Gasteiger charge is 2.16. The molecule has 1 aromatic carbocycles. The van der Waals surface area contributed by atoms with Gasteiger partial charge in [-0.2, -0.15) is 0 Å². The van der Waals surface area contributed by atoms with Crippen molar-refractivity contribution in [2.45, 2.75) is 6.42 Å². The zero-order valence-electron chi connectivity index (χ0n) is 13.1. The van der Waals surface area contributed by atoms with Gasteiger partial charge < -0.3 is 9.73 Å². The Morgan fingerprint density at radius 3 is 2.48 bits per heavy atom. The molecule has 0 saturated carbocycles. The summed E-state index contributed by atoms with van der Waals surface area (Å²) in [6.07, 6.45) is 3.95. The highest BCUT2D eigenvalue weighted by Crippen LogP contribution is 2.15. The van der Waals surface area contributed by atoms with Crippen molar-refractivity contribution >= 4 is 11.8 Å². The summed E-state index contributed by atoms with van der Waals surface area (Å²) < 4.78 is 4.84. The predicted molar refractivity (Wildman–Crippen MR) is 88.9 cm³/mol. The number of rotatable bonds is 6. The number of hydrogen-bond donors (Lipinski definition) is 1. The molecular formula is C17H14N4O4. The second-order valence-electron chi connectivity index (χ2n) is 5.18. The molecule has 1 N–H and O–H groups in total. The van der Waals surface area contributed by atoms with Crippen LogP contribution in [0.2, 0.25) is 0 Å². The zero-order chi connectivity index (χ0) is 17.6. The van der Waals surface area contributed by atoms with Crippen LogP contribution < -0.4 is 5.32 Å². The second-order valence-corrected chi connectivity index (χ2v) is 5.18. The van der Waals surface area contributed by atoms with E-state index in [4.69, 9.17) is 4.42 Å². The molecule has 1 amide bonds. The summed E-state index contributed by atoms with van der Waals surface area (Å²) in [5.74, 6) is -0.427. The van der Waals surface area contributed by atoms with E-state index in [1.54, 1.807) is 12.4 Å². The van der Waals surface area contributed by atoms with Crippen molar-refractivity contribution in [1.82, 2.24) is 15.3 Å². The molecule has 2 aromatic heterocycles. The van der Waals surface area contributed by atoms with Crippen LogP contribution in [0.1, 0.15) is 16.1 Å². The SMILES string of the molecule is O=C(NCCc1cnc(-c2ccccc2)nc1)c1ccc([N+](=O)[O-])o1. The third-order valence-corrected chi connectivity index (χ3v) is 3.43. The molecule has 0 aliphatic rings. The van der Waals surface area contributed by atoms with Crippen LogP contribution >= 0.6 is 0 Å². The number of nitrogens with zero attached hydrogens (tertiary/aromatic N) is 3. The molecule has 0 radical (unpaired) electrons. The fraction of sp³-hybridized carbons (Fsp3) is 0.118. The van der Waals surface area contributed by atoms with Gasteiger partial charge in [0.15, 0.2) is 11.6 Å². The number of nitrogens with one attached hydrogen (secondary N) is 1. The third-order valence-electron chi connectivity index (χ3n) is 3.43.